The van der Waals surface area contributed by atoms with Crippen LogP contribution in [0.4, 0.5) is 5.69 Å². The number of para-hydroxylation sites is 2. The molecule has 2 aromatic carbocycles. The Morgan fingerprint density at radius 1 is 1.07 bits per heavy atom. The summed E-state index contributed by atoms with van der Waals surface area (Å²) in [6.45, 7) is 4.14. The maximum absolute atomic E-state index is 13.5. The second kappa shape index (κ2) is 7.86. The molecule has 0 saturated heterocycles. The summed E-state index contributed by atoms with van der Waals surface area (Å²) in [5.74, 6) is 0.700. The van der Waals surface area contributed by atoms with E-state index in [4.69, 9.17) is 4.74 Å². The highest BCUT2D eigenvalue weighted by atomic mass is 16.5. The number of carbonyl (C=O) groups is 2. The zero-order valence-electron chi connectivity index (χ0n) is 17.3. The van der Waals surface area contributed by atoms with Crippen molar-refractivity contribution in [3.63, 3.8) is 0 Å². The number of hydrogen-bond donors (Lipinski definition) is 0. The lowest BCUT2D eigenvalue weighted by atomic mass is 9.76. The quantitative estimate of drug-likeness (QED) is 0.731. The van der Waals surface area contributed by atoms with Crippen molar-refractivity contribution in [3.05, 3.63) is 70.4 Å². The topological polar surface area (TPSA) is 46.6 Å². The summed E-state index contributed by atoms with van der Waals surface area (Å²) in [4.78, 5) is 28.5. The number of Topliss-reactive ketones (excluding diaryl/α,β-unsaturated/α-hetero) is 1. The zero-order chi connectivity index (χ0) is 20.5. The van der Waals surface area contributed by atoms with E-state index in [1.807, 2.05) is 48.2 Å². The fourth-order valence-corrected chi connectivity index (χ4v) is 4.80. The lowest BCUT2D eigenvalue weighted by Gasteiger charge is -2.40. The molecule has 2 aliphatic rings. The molecule has 2 aromatic rings. The van der Waals surface area contributed by atoms with Crippen LogP contribution in [0.2, 0.25) is 0 Å². The second-order valence-electron chi connectivity index (χ2n) is 7.80. The first-order chi connectivity index (χ1) is 14.1. The van der Waals surface area contributed by atoms with Gasteiger partial charge in [0.1, 0.15) is 5.75 Å². The average Bonchev–Trinajstić information content (AvgIpc) is 2.73. The Morgan fingerprint density at radius 2 is 1.86 bits per heavy atom. The molecule has 1 heterocycles. The van der Waals surface area contributed by atoms with Crippen molar-refractivity contribution in [1.82, 2.24) is 0 Å². The standard InChI is InChI=1S/C25H27NO3/c1-4-17-10-7-9-16(2)25(17)26-20-12-8-13-21(27)24(20)19(15-23(26)28)18-11-5-6-14-22(18)29-3/h5-7,9-11,14,19H,4,8,12-13,15H2,1-3H3. The number of benzene rings is 2. The van der Waals surface area contributed by atoms with Gasteiger partial charge >= 0.3 is 0 Å². The van der Waals surface area contributed by atoms with Crippen LogP contribution < -0.4 is 9.64 Å². The Bertz CT molecular complexity index is 1000. The number of rotatable bonds is 4. The number of ketones is 1. The molecule has 4 rings (SSSR count). The van der Waals surface area contributed by atoms with Crippen LogP contribution in [0, 0.1) is 6.92 Å². The first-order valence-corrected chi connectivity index (χ1v) is 10.4. The van der Waals surface area contributed by atoms with Gasteiger partial charge in [-0.2, -0.15) is 0 Å². The summed E-state index contributed by atoms with van der Waals surface area (Å²) >= 11 is 0. The second-order valence-corrected chi connectivity index (χ2v) is 7.80. The summed E-state index contributed by atoms with van der Waals surface area (Å²) in [6.07, 6.45) is 3.19. The van der Waals surface area contributed by atoms with Gasteiger partial charge < -0.3 is 4.74 Å². The number of methoxy groups -OCH3 is 1. The fraction of sp³-hybridized carbons (Fsp3) is 0.360. The van der Waals surface area contributed by atoms with Crippen LogP contribution in [0.1, 0.15) is 55.2 Å². The molecule has 0 fully saturated rings. The van der Waals surface area contributed by atoms with E-state index < -0.39 is 0 Å². The van der Waals surface area contributed by atoms with Crippen molar-refractivity contribution >= 4 is 17.4 Å². The predicted molar refractivity (Wildman–Crippen MR) is 114 cm³/mol. The Labute approximate surface area is 172 Å². The van der Waals surface area contributed by atoms with Gasteiger partial charge in [0.25, 0.3) is 0 Å². The van der Waals surface area contributed by atoms with E-state index in [-0.39, 0.29) is 24.0 Å². The van der Waals surface area contributed by atoms with E-state index in [2.05, 4.69) is 13.0 Å². The van der Waals surface area contributed by atoms with Gasteiger partial charge in [0, 0.05) is 35.6 Å². The molecular weight excluding hydrogens is 362 g/mol. The van der Waals surface area contributed by atoms with Gasteiger partial charge in [0.15, 0.2) is 5.78 Å². The van der Waals surface area contributed by atoms with Crippen LogP contribution in [0.3, 0.4) is 0 Å². The Balaban J connectivity index is 1.93. The van der Waals surface area contributed by atoms with Gasteiger partial charge in [-0.1, -0.05) is 43.3 Å². The number of carbonyl (C=O) groups excluding carboxylic acids is 2. The SMILES string of the molecule is CCc1cccc(C)c1N1C(=O)CC(c2ccccc2OC)C2=C1CCCC2=O. The zero-order valence-corrected chi connectivity index (χ0v) is 17.3. The van der Waals surface area contributed by atoms with Gasteiger partial charge in [-0.15, -0.1) is 0 Å². The van der Waals surface area contributed by atoms with Crippen LogP contribution in [-0.4, -0.2) is 18.8 Å². The lowest BCUT2D eigenvalue weighted by Crippen LogP contribution is -2.41. The van der Waals surface area contributed by atoms with Crippen LogP contribution in [0.15, 0.2) is 53.7 Å². The monoisotopic (exact) mass is 389 g/mol. The third-order valence-electron chi connectivity index (χ3n) is 6.12. The Hall–Kier alpha value is -2.88. The van der Waals surface area contributed by atoms with Crippen LogP contribution in [-0.2, 0) is 16.0 Å². The summed E-state index contributed by atoms with van der Waals surface area (Å²) < 4.78 is 5.56. The summed E-state index contributed by atoms with van der Waals surface area (Å²) in [5, 5.41) is 0. The minimum absolute atomic E-state index is 0.0540. The molecule has 1 unspecified atom stereocenters. The number of amides is 1. The van der Waals surface area contributed by atoms with E-state index in [0.717, 1.165) is 58.7 Å². The molecule has 1 aliphatic carbocycles. The normalized spacial score (nSPS) is 19.4. The van der Waals surface area contributed by atoms with E-state index in [1.165, 1.54) is 0 Å². The summed E-state index contributed by atoms with van der Waals surface area (Å²) in [7, 11) is 1.63. The van der Waals surface area contributed by atoms with Crippen molar-refractivity contribution in [2.75, 3.05) is 12.0 Å². The fourth-order valence-electron chi connectivity index (χ4n) is 4.80. The predicted octanol–water partition coefficient (Wildman–Crippen LogP) is 5.09. The summed E-state index contributed by atoms with van der Waals surface area (Å²) in [6, 6.07) is 13.9. The van der Waals surface area contributed by atoms with Gasteiger partial charge in [-0.3, -0.25) is 14.5 Å². The number of hydrogen-bond acceptors (Lipinski definition) is 3. The molecular formula is C25H27NO3. The lowest BCUT2D eigenvalue weighted by molar-refractivity contribution is -0.119. The smallest absolute Gasteiger partial charge is 0.232 e. The van der Waals surface area contributed by atoms with Gasteiger partial charge in [-0.25, -0.2) is 0 Å². The Kier molecular flexibility index (Phi) is 5.27. The molecule has 0 saturated carbocycles. The Morgan fingerprint density at radius 3 is 2.62 bits per heavy atom. The maximum Gasteiger partial charge on any atom is 0.232 e. The van der Waals surface area contributed by atoms with Crippen LogP contribution >= 0.6 is 0 Å². The average molecular weight is 389 g/mol. The molecule has 29 heavy (non-hydrogen) atoms. The molecule has 0 aromatic heterocycles. The molecule has 1 amide bonds. The van der Waals surface area contributed by atoms with Crippen molar-refractivity contribution in [2.45, 2.75) is 51.9 Å². The minimum atomic E-state index is -0.244. The molecule has 4 nitrogen and oxygen atoms in total. The molecule has 0 spiro atoms. The highest BCUT2D eigenvalue weighted by molar-refractivity contribution is 6.08. The van der Waals surface area contributed by atoms with E-state index in [0.29, 0.717) is 6.42 Å². The highest BCUT2D eigenvalue weighted by Gasteiger charge is 2.41. The number of aryl methyl sites for hydroxylation is 2. The van der Waals surface area contributed by atoms with Crippen molar-refractivity contribution in [2.24, 2.45) is 0 Å². The molecule has 0 radical (unpaired) electrons. The first kappa shape index (κ1) is 19.4. The minimum Gasteiger partial charge on any atom is -0.496 e. The van der Waals surface area contributed by atoms with E-state index in [1.54, 1.807) is 7.11 Å². The molecule has 1 atom stereocenters. The third kappa shape index (κ3) is 3.27. The molecule has 1 aliphatic heterocycles. The highest BCUT2D eigenvalue weighted by Crippen LogP contribution is 2.46. The number of allylic oxidation sites excluding steroid dienone is 2. The van der Waals surface area contributed by atoms with Gasteiger partial charge in [-0.05, 0) is 43.4 Å². The van der Waals surface area contributed by atoms with Gasteiger partial charge in [0.2, 0.25) is 5.91 Å². The maximum atomic E-state index is 13.5. The molecule has 150 valence electrons. The summed E-state index contributed by atoms with van der Waals surface area (Å²) in [5.41, 5.74) is 5.77. The number of ether oxygens (including phenoxy) is 1. The van der Waals surface area contributed by atoms with Crippen LogP contribution in [0.25, 0.3) is 0 Å². The number of nitrogens with zero attached hydrogens (tertiary/aromatic N) is 1. The van der Waals surface area contributed by atoms with E-state index >= 15 is 0 Å². The largest absolute Gasteiger partial charge is 0.496 e. The molecule has 4 heteroatoms. The molecule has 0 bridgehead atoms. The van der Waals surface area contributed by atoms with Crippen molar-refractivity contribution in [3.8, 4) is 5.75 Å². The van der Waals surface area contributed by atoms with Crippen molar-refractivity contribution < 1.29 is 14.3 Å². The molecule has 0 N–H and O–H groups in total. The first-order valence-electron chi connectivity index (χ1n) is 10.4. The number of anilines is 1. The van der Waals surface area contributed by atoms with Gasteiger partial charge in [0.05, 0.1) is 12.8 Å². The van der Waals surface area contributed by atoms with E-state index in [9.17, 15) is 9.59 Å². The van der Waals surface area contributed by atoms with Crippen LogP contribution in [0.5, 0.6) is 5.75 Å². The van der Waals surface area contributed by atoms with Crippen molar-refractivity contribution in [1.29, 1.82) is 0 Å². The third-order valence-corrected chi connectivity index (χ3v) is 6.12.